The van der Waals surface area contributed by atoms with E-state index in [4.69, 9.17) is 12.2 Å². The van der Waals surface area contributed by atoms with E-state index in [9.17, 15) is 10.1 Å². The molecule has 0 amide bonds. The van der Waals surface area contributed by atoms with Crippen molar-refractivity contribution in [1.82, 2.24) is 0 Å². The lowest BCUT2D eigenvalue weighted by atomic mass is 10.2. The SMILES string of the molecule is Cc1cccc(NC(=S)Nc2cccc([N+](=O)[O-])c2)c1. The van der Waals surface area contributed by atoms with Crippen LogP contribution in [0.3, 0.4) is 0 Å². The summed E-state index contributed by atoms with van der Waals surface area (Å²) in [5, 5.41) is 17.0. The molecule has 0 aromatic heterocycles. The lowest BCUT2D eigenvalue weighted by Gasteiger charge is -2.10. The molecule has 6 heteroatoms. The number of nitro groups is 1. The Morgan fingerprint density at radius 3 is 2.30 bits per heavy atom. The van der Waals surface area contributed by atoms with Crippen LogP contribution < -0.4 is 10.6 Å². The molecule has 0 saturated heterocycles. The monoisotopic (exact) mass is 287 g/mol. The third kappa shape index (κ3) is 3.76. The van der Waals surface area contributed by atoms with Crippen LogP contribution in [0.25, 0.3) is 0 Å². The van der Waals surface area contributed by atoms with E-state index in [1.54, 1.807) is 12.1 Å². The highest BCUT2D eigenvalue weighted by Crippen LogP contribution is 2.17. The maximum atomic E-state index is 10.7. The van der Waals surface area contributed by atoms with Gasteiger partial charge < -0.3 is 10.6 Å². The Bertz CT molecular complexity index is 658. The van der Waals surface area contributed by atoms with Gasteiger partial charge in [0.15, 0.2) is 5.11 Å². The summed E-state index contributed by atoms with van der Waals surface area (Å²) in [4.78, 5) is 10.3. The fourth-order valence-corrected chi connectivity index (χ4v) is 1.95. The summed E-state index contributed by atoms with van der Waals surface area (Å²) in [6.45, 7) is 1.99. The van der Waals surface area contributed by atoms with E-state index in [2.05, 4.69) is 10.6 Å². The number of aryl methyl sites for hydroxylation is 1. The van der Waals surface area contributed by atoms with Crippen molar-refractivity contribution in [2.24, 2.45) is 0 Å². The lowest BCUT2D eigenvalue weighted by molar-refractivity contribution is -0.384. The first-order valence-electron chi connectivity index (χ1n) is 5.94. The number of nitrogens with one attached hydrogen (secondary N) is 2. The van der Waals surface area contributed by atoms with Crippen LogP contribution in [0.15, 0.2) is 48.5 Å². The van der Waals surface area contributed by atoms with Crippen molar-refractivity contribution in [3.8, 4) is 0 Å². The third-order valence-corrected chi connectivity index (χ3v) is 2.79. The minimum absolute atomic E-state index is 0.0216. The number of anilines is 2. The zero-order valence-corrected chi connectivity index (χ0v) is 11.6. The van der Waals surface area contributed by atoms with Gasteiger partial charge in [-0.2, -0.15) is 0 Å². The Balaban J connectivity index is 2.04. The second-order valence-electron chi connectivity index (χ2n) is 4.26. The number of hydrogen-bond donors (Lipinski definition) is 2. The number of hydrogen-bond acceptors (Lipinski definition) is 3. The Labute approximate surface area is 121 Å². The second-order valence-corrected chi connectivity index (χ2v) is 4.66. The fraction of sp³-hybridized carbons (Fsp3) is 0.0714. The molecule has 0 fully saturated rings. The van der Waals surface area contributed by atoms with E-state index >= 15 is 0 Å². The average molecular weight is 287 g/mol. The Hall–Kier alpha value is -2.47. The number of thiocarbonyl (C=S) groups is 1. The number of benzene rings is 2. The van der Waals surface area contributed by atoms with E-state index < -0.39 is 4.92 Å². The maximum Gasteiger partial charge on any atom is 0.271 e. The highest BCUT2D eigenvalue weighted by Gasteiger charge is 2.06. The molecule has 102 valence electrons. The van der Waals surface area contributed by atoms with Crippen LogP contribution in [-0.4, -0.2) is 10.0 Å². The first-order chi connectivity index (χ1) is 9.54. The molecule has 2 aromatic carbocycles. The average Bonchev–Trinajstić information content (AvgIpc) is 2.38. The molecule has 2 N–H and O–H groups in total. The maximum absolute atomic E-state index is 10.7. The van der Waals surface area contributed by atoms with Gasteiger partial charge in [0.1, 0.15) is 0 Å². The van der Waals surface area contributed by atoms with Crippen LogP contribution in [0.4, 0.5) is 17.1 Å². The van der Waals surface area contributed by atoms with Crippen molar-refractivity contribution >= 4 is 34.4 Å². The minimum atomic E-state index is -0.442. The lowest BCUT2D eigenvalue weighted by Crippen LogP contribution is -2.19. The van der Waals surface area contributed by atoms with Crippen molar-refractivity contribution in [1.29, 1.82) is 0 Å². The second kappa shape index (κ2) is 6.12. The van der Waals surface area contributed by atoms with Crippen molar-refractivity contribution in [2.75, 3.05) is 10.6 Å². The number of non-ortho nitro benzene ring substituents is 1. The molecule has 5 nitrogen and oxygen atoms in total. The molecule has 0 atom stereocenters. The predicted molar refractivity (Wildman–Crippen MR) is 84.1 cm³/mol. The molecule has 0 saturated carbocycles. The predicted octanol–water partition coefficient (Wildman–Crippen LogP) is 3.71. The van der Waals surface area contributed by atoms with Gasteiger partial charge in [-0.1, -0.05) is 18.2 Å². The van der Waals surface area contributed by atoms with Crippen molar-refractivity contribution in [3.05, 3.63) is 64.2 Å². The summed E-state index contributed by atoms with van der Waals surface area (Å²) >= 11 is 5.18. The molecule has 2 rings (SSSR count). The summed E-state index contributed by atoms with van der Waals surface area (Å²) in [6, 6.07) is 14.0. The van der Waals surface area contributed by atoms with Gasteiger partial charge in [0.25, 0.3) is 5.69 Å². The number of rotatable bonds is 3. The first kappa shape index (κ1) is 14.0. The molecule has 0 aliphatic carbocycles. The summed E-state index contributed by atoms with van der Waals surface area (Å²) in [5.74, 6) is 0. The van der Waals surface area contributed by atoms with E-state index in [0.29, 0.717) is 10.8 Å². The molecule has 0 aliphatic rings. The van der Waals surface area contributed by atoms with Crippen LogP contribution in [0.1, 0.15) is 5.56 Å². The fourth-order valence-electron chi connectivity index (χ4n) is 1.71. The smallest absolute Gasteiger partial charge is 0.271 e. The zero-order valence-electron chi connectivity index (χ0n) is 10.8. The van der Waals surface area contributed by atoms with Crippen LogP contribution in [0.2, 0.25) is 0 Å². The van der Waals surface area contributed by atoms with E-state index in [1.807, 2.05) is 31.2 Å². The Morgan fingerprint density at radius 2 is 1.70 bits per heavy atom. The van der Waals surface area contributed by atoms with E-state index in [0.717, 1.165) is 11.3 Å². The van der Waals surface area contributed by atoms with Crippen molar-refractivity contribution < 1.29 is 4.92 Å². The van der Waals surface area contributed by atoms with Gasteiger partial charge in [0, 0.05) is 23.5 Å². The van der Waals surface area contributed by atoms with Gasteiger partial charge in [-0.15, -0.1) is 0 Å². The summed E-state index contributed by atoms with van der Waals surface area (Å²) in [7, 11) is 0. The molecule has 0 spiro atoms. The summed E-state index contributed by atoms with van der Waals surface area (Å²) in [6.07, 6.45) is 0. The standard InChI is InChI=1S/C14H13N3O2S/c1-10-4-2-5-11(8-10)15-14(20)16-12-6-3-7-13(9-12)17(18)19/h2-9H,1H3,(H2,15,16,20). The molecule has 20 heavy (non-hydrogen) atoms. The van der Waals surface area contributed by atoms with Gasteiger partial charge in [-0.05, 0) is 42.9 Å². The van der Waals surface area contributed by atoms with Gasteiger partial charge >= 0.3 is 0 Å². The molecule has 0 unspecified atom stereocenters. The van der Waals surface area contributed by atoms with Gasteiger partial charge in [0.05, 0.1) is 4.92 Å². The molecule has 0 radical (unpaired) electrons. The van der Waals surface area contributed by atoms with Gasteiger partial charge in [-0.3, -0.25) is 10.1 Å². The Morgan fingerprint density at radius 1 is 1.10 bits per heavy atom. The third-order valence-electron chi connectivity index (χ3n) is 2.59. The minimum Gasteiger partial charge on any atom is -0.332 e. The molecule has 0 bridgehead atoms. The zero-order chi connectivity index (χ0) is 14.5. The molecule has 0 heterocycles. The summed E-state index contributed by atoms with van der Waals surface area (Å²) in [5.41, 5.74) is 2.58. The Kier molecular flexibility index (Phi) is 4.27. The van der Waals surface area contributed by atoms with Crippen LogP contribution >= 0.6 is 12.2 Å². The van der Waals surface area contributed by atoms with Crippen molar-refractivity contribution in [3.63, 3.8) is 0 Å². The van der Waals surface area contributed by atoms with Crippen LogP contribution in [0, 0.1) is 17.0 Å². The normalized spacial score (nSPS) is 9.85. The number of nitrogens with zero attached hydrogens (tertiary/aromatic N) is 1. The molecular weight excluding hydrogens is 274 g/mol. The number of nitro benzene ring substituents is 1. The molecule has 0 aliphatic heterocycles. The quantitative estimate of drug-likeness (QED) is 0.511. The summed E-state index contributed by atoms with van der Waals surface area (Å²) < 4.78 is 0. The van der Waals surface area contributed by atoms with Crippen molar-refractivity contribution in [2.45, 2.75) is 6.92 Å². The molecule has 2 aromatic rings. The van der Waals surface area contributed by atoms with E-state index in [1.165, 1.54) is 12.1 Å². The van der Waals surface area contributed by atoms with E-state index in [-0.39, 0.29) is 5.69 Å². The van der Waals surface area contributed by atoms with Crippen LogP contribution in [0.5, 0.6) is 0 Å². The molecular formula is C14H13N3O2S. The van der Waals surface area contributed by atoms with Gasteiger partial charge in [0.2, 0.25) is 0 Å². The topological polar surface area (TPSA) is 67.2 Å². The highest BCUT2D eigenvalue weighted by molar-refractivity contribution is 7.80. The van der Waals surface area contributed by atoms with Gasteiger partial charge in [-0.25, -0.2) is 0 Å². The largest absolute Gasteiger partial charge is 0.332 e. The first-order valence-corrected chi connectivity index (χ1v) is 6.34. The van der Waals surface area contributed by atoms with Crippen LogP contribution in [-0.2, 0) is 0 Å². The highest BCUT2D eigenvalue weighted by atomic mass is 32.1.